The Morgan fingerprint density at radius 3 is 2.08 bits per heavy atom. The molecule has 4 fully saturated rings. The van der Waals surface area contributed by atoms with E-state index in [0.717, 1.165) is 0 Å². The summed E-state index contributed by atoms with van der Waals surface area (Å²) in [6, 6.07) is -3.42. The average Bonchev–Trinajstić information content (AvgIpc) is 3.92. The number of aromatic hydroxyl groups is 2. The third kappa shape index (κ3) is 18.3. The van der Waals surface area contributed by atoms with E-state index in [1.807, 2.05) is 0 Å². The van der Waals surface area contributed by atoms with Crippen LogP contribution >= 0.6 is 11.8 Å². The molecule has 0 aliphatic carbocycles. The maximum atomic E-state index is 16.1. The molecule has 83 heavy (non-hydrogen) atoms. The number of fused-ring (bicyclic) bond motifs is 16. The van der Waals surface area contributed by atoms with E-state index in [-0.39, 0.29) is 50.1 Å². The second-order valence-electron chi connectivity index (χ2n) is 21.8. The first-order valence-corrected chi connectivity index (χ1v) is 28.8. The molecule has 6 amide bonds. The van der Waals surface area contributed by atoms with Crippen molar-refractivity contribution in [3.05, 3.63) is 59.7 Å². The quantitative estimate of drug-likeness (QED) is 0.0862. The van der Waals surface area contributed by atoms with Gasteiger partial charge in [-0.15, -0.1) is 0 Å². The zero-order chi connectivity index (χ0) is 60.9. The molecule has 0 aromatic heterocycles. The Bertz CT molecular complexity index is 2720. The summed E-state index contributed by atoms with van der Waals surface area (Å²) in [5.74, 6) is -16.7. The van der Waals surface area contributed by atoms with Gasteiger partial charge in [0.05, 0.1) is 73.3 Å². The third-order valence-electron chi connectivity index (χ3n) is 15.4. The number of aliphatic hydroxyl groups is 3. The van der Waals surface area contributed by atoms with Gasteiger partial charge in [0.1, 0.15) is 29.4 Å². The Kier molecular flexibility index (Phi) is 23.2. The predicted molar refractivity (Wildman–Crippen MR) is 296 cm³/mol. The maximum Gasteiger partial charge on any atom is 0.303 e. The summed E-state index contributed by atoms with van der Waals surface area (Å²) in [7, 11) is 0. The van der Waals surface area contributed by atoms with Gasteiger partial charge in [-0.1, -0.05) is 24.3 Å². The van der Waals surface area contributed by atoms with Crippen LogP contribution in [0, 0.1) is 5.92 Å². The maximum absolute atomic E-state index is 16.1. The van der Waals surface area contributed by atoms with Crippen LogP contribution in [0.5, 0.6) is 11.5 Å². The average molecular weight is 1180 g/mol. The van der Waals surface area contributed by atoms with E-state index in [0.29, 0.717) is 22.9 Å². The number of hydrogen-bond donors (Lipinski definition) is 15. The number of carboxylic acids is 1. The number of benzene rings is 2. The fourth-order valence-corrected chi connectivity index (χ4v) is 11.9. The zero-order valence-electron chi connectivity index (χ0n) is 46.3. The molecule has 4 saturated heterocycles. The van der Waals surface area contributed by atoms with Gasteiger partial charge in [0, 0.05) is 30.7 Å². The van der Waals surface area contributed by atoms with Crippen LogP contribution in [-0.4, -0.2) is 203 Å². The lowest BCUT2D eigenvalue weighted by Crippen LogP contribution is -2.62. The summed E-state index contributed by atoms with van der Waals surface area (Å²) in [6.45, 7) is 2.98. The zero-order valence-corrected chi connectivity index (χ0v) is 47.2. The molecule has 5 unspecified atom stereocenters. The Morgan fingerprint density at radius 1 is 0.795 bits per heavy atom. The highest BCUT2D eigenvalue weighted by molar-refractivity contribution is 7.99. The second-order valence-corrected chi connectivity index (χ2v) is 22.8. The minimum absolute atomic E-state index is 0.0327. The molecule has 4 aliphatic heterocycles. The number of amides is 6. The number of nitrogens with zero attached hydrogens (tertiary/aromatic N) is 1. The summed E-state index contributed by atoms with van der Waals surface area (Å²) in [5, 5.41) is 86.8. The molecular formula is C55H76N10O17S. The summed E-state index contributed by atoms with van der Waals surface area (Å²) in [4.78, 5) is 159. The van der Waals surface area contributed by atoms with Crippen molar-refractivity contribution in [3.8, 4) is 11.5 Å². The summed E-state index contributed by atoms with van der Waals surface area (Å²) >= 11 is 0.700. The molecule has 27 nitrogen and oxygen atoms in total. The van der Waals surface area contributed by atoms with Gasteiger partial charge in [0.2, 0.25) is 29.5 Å². The largest absolute Gasteiger partial charge is 0.508 e. The van der Waals surface area contributed by atoms with Crippen molar-refractivity contribution >= 4 is 76.3 Å². The van der Waals surface area contributed by atoms with E-state index in [1.54, 1.807) is 12.1 Å². The van der Waals surface area contributed by atoms with Gasteiger partial charge < -0.3 is 67.9 Å². The Labute approximate surface area is 482 Å². The number of nitrogens with two attached hydrogens (primary N) is 1. The first kappa shape index (κ1) is 65.2. The highest BCUT2D eigenvalue weighted by Crippen LogP contribution is 2.28. The number of Topliss-reactive ketones (excluding diaryl/α,β-unsaturated/α-hetero) is 4. The molecule has 4 heterocycles. The number of aliphatic carboxylic acids is 1. The Morgan fingerprint density at radius 2 is 1.46 bits per heavy atom. The molecule has 16 N–H and O–H groups in total. The van der Waals surface area contributed by atoms with Crippen LogP contribution < -0.4 is 48.3 Å². The van der Waals surface area contributed by atoms with Gasteiger partial charge in [-0.2, -0.15) is 11.8 Å². The van der Waals surface area contributed by atoms with Crippen molar-refractivity contribution < 1.29 is 83.4 Å². The first-order valence-electron chi connectivity index (χ1n) is 27.6. The number of primary amides is 1. The number of rotatable bonds is 13. The highest BCUT2D eigenvalue weighted by atomic mass is 32.2. The van der Waals surface area contributed by atoms with E-state index in [9.17, 15) is 73.8 Å². The molecule has 6 rings (SSSR count). The van der Waals surface area contributed by atoms with Gasteiger partial charge in [0.15, 0.2) is 17.3 Å². The molecule has 0 spiro atoms. The molecule has 2 aromatic carbocycles. The minimum Gasteiger partial charge on any atom is -0.508 e. The van der Waals surface area contributed by atoms with Crippen molar-refractivity contribution in [2.45, 2.75) is 170 Å². The number of hydrogen-bond acceptors (Lipinski definition) is 21. The summed E-state index contributed by atoms with van der Waals surface area (Å²) < 4.78 is 0. The van der Waals surface area contributed by atoms with E-state index >= 15 is 9.59 Å². The van der Waals surface area contributed by atoms with Gasteiger partial charge in [-0.05, 0) is 114 Å². The molecular weight excluding hydrogens is 1100 g/mol. The lowest BCUT2D eigenvalue weighted by molar-refractivity contribution is -0.177. The van der Waals surface area contributed by atoms with Crippen molar-refractivity contribution in [3.63, 3.8) is 0 Å². The van der Waals surface area contributed by atoms with E-state index in [4.69, 9.17) is 5.73 Å². The smallest absolute Gasteiger partial charge is 0.303 e. The summed E-state index contributed by atoms with van der Waals surface area (Å²) in [5.41, 5.74) is 6.74. The predicted octanol–water partition coefficient (Wildman–Crippen LogP) is -3.59. The minimum atomic E-state index is -3.28. The van der Waals surface area contributed by atoms with Crippen LogP contribution in [0.15, 0.2) is 48.5 Å². The standard InChI is InChI=1S/C55H76N10O17S/c1-27-48(74)36-16-18-45-61-37(17-19-46(72)73)50(76)63-39(22-31-8-12-33(69)13-9-31)49(75)34(14-15-35(43(70)24-57-52(78)47(62-36)29(3)67)59-38(28(2)66)21-30-6-10-32(68)11-7-30)41(25-83-26-55(81,82)54(80)64-45)60-40(23-44(56)71)53(79)65-20-4-5-42(65)51(77)58-27/h6-13,27,29,34-42,45,47,59-62,67-69,81-82H,4-5,14-26H2,1-3H3,(H2,56,71)(H,57,78)(H,58,77)(H,63,76)(H,64,80)(H,72,73)/t27-,29+,34?,35?,36?,37-,38-,39-,40-,41?,42-,45?,47-/m0/s1. The highest BCUT2D eigenvalue weighted by Gasteiger charge is 2.45. The number of ketones is 4. The number of aliphatic hydroxyl groups excluding tert-OH is 1. The molecule has 4 bridgehead atoms. The fraction of sp³-hybridized carbons (Fsp3) is 0.582. The topological polar surface area (TPSA) is 435 Å². The van der Waals surface area contributed by atoms with Crippen LogP contribution in [0.25, 0.3) is 0 Å². The fourth-order valence-electron chi connectivity index (χ4n) is 10.8. The lowest BCUT2D eigenvalue weighted by atomic mass is 9.83. The number of carbonyl (C=O) groups excluding carboxylic acids is 10. The van der Waals surface area contributed by atoms with Crippen LogP contribution in [0.4, 0.5) is 0 Å². The Hall–Kier alpha value is -6.92. The number of nitrogens with one attached hydrogen (secondary N) is 8. The van der Waals surface area contributed by atoms with Crippen molar-refractivity contribution in [1.29, 1.82) is 0 Å². The van der Waals surface area contributed by atoms with Gasteiger partial charge in [-0.25, -0.2) is 0 Å². The number of carboxylic acid groups (broad SMARTS) is 1. The van der Waals surface area contributed by atoms with Gasteiger partial charge >= 0.3 is 5.97 Å². The number of thioether (sulfide) groups is 1. The van der Waals surface area contributed by atoms with Gasteiger partial charge in [-0.3, -0.25) is 68.7 Å². The second kappa shape index (κ2) is 29.6. The Balaban J connectivity index is 1.66. The molecule has 454 valence electrons. The molecule has 2 aromatic rings. The number of carbonyl (C=O) groups is 11. The number of phenolic OH excluding ortho intramolecular Hbond substituents is 2. The van der Waals surface area contributed by atoms with Crippen molar-refractivity contribution in [2.75, 3.05) is 24.6 Å². The van der Waals surface area contributed by atoms with Crippen molar-refractivity contribution in [1.82, 2.24) is 47.4 Å². The monoisotopic (exact) mass is 1180 g/mol. The molecule has 0 saturated carbocycles. The third-order valence-corrected chi connectivity index (χ3v) is 16.6. The van der Waals surface area contributed by atoms with E-state index in [1.165, 1.54) is 62.1 Å². The van der Waals surface area contributed by atoms with Crippen LogP contribution in [0.3, 0.4) is 0 Å². The SMILES string of the molecule is CC(=O)[C@H](Cc1ccc(O)cc1)NC1CCC2C(=O)[C@H](Cc3ccc(O)cc3)NC(=O)[C@H](CCC(=O)O)NC3CCC(N[C@@H]([C@@H](C)O)C(=O)NCC1=O)C(=O)[C@H](C)NC(=O)[C@@H]1CCCN1C(=O)[C@H](CC(N)=O)NC2CSCC(O)(O)C(=O)N3. The van der Waals surface area contributed by atoms with Crippen LogP contribution in [0.2, 0.25) is 0 Å². The summed E-state index contributed by atoms with van der Waals surface area (Å²) in [6.07, 6.45) is -6.86. The van der Waals surface area contributed by atoms with Crippen LogP contribution in [-0.2, 0) is 65.6 Å². The molecule has 4 aliphatic rings. The molecule has 0 radical (unpaired) electrons. The lowest BCUT2D eigenvalue weighted by Gasteiger charge is -2.36. The van der Waals surface area contributed by atoms with Crippen molar-refractivity contribution in [2.24, 2.45) is 11.7 Å². The van der Waals surface area contributed by atoms with Gasteiger partial charge in [0.25, 0.3) is 11.7 Å². The van der Waals surface area contributed by atoms with Crippen LogP contribution in [0.1, 0.15) is 89.7 Å². The molecule has 13 atom stereocenters. The first-order chi connectivity index (χ1) is 39.2. The van der Waals surface area contributed by atoms with E-state index < -0.39 is 206 Å². The van der Waals surface area contributed by atoms with E-state index in [2.05, 4.69) is 42.5 Å². The normalized spacial score (nSPS) is 29.2. The number of phenols is 2. The molecule has 28 heteroatoms.